The summed E-state index contributed by atoms with van der Waals surface area (Å²) in [6.07, 6.45) is 13.1. The van der Waals surface area contributed by atoms with Gasteiger partial charge in [-0.1, -0.05) is 110 Å². The maximum atomic E-state index is 12.7. The number of carbonyl (C=O) groups excluding carboxylic acids is 3. The Morgan fingerprint density at radius 3 is 1.98 bits per heavy atom. The number of ketones is 1. The van der Waals surface area contributed by atoms with Crippen molar-refractivity contribution in [3.63, 3.8) is 0 Å². The van der Waals surface area contributed by atoms with Crippen molar-refractivity contribution in [1.29, 1.82) is 0 Å². The molecule has 1 aliphatic rings. The van der Waals surface area contributed by atoms with E-state index in [1.54, 1.807) is 12.2 Å². The van der Waals surface area contributed by atoms with E-state index in [9.17, 15) is 43.7 Å². The van der Waals surface area contributed by atoms with Gasteiger partial charge in [0.25, 0.3) is 0 Å². The molecule has 0 bridgehead atoms. The number of esters is 2. The van der Waals surface area contributed by atoms with Crippen LogP contribution < -0.4 is 0 Å². The quantitative estimate of drug-likeness (QED) is 0.0182. The van der Waals surface area contributed by atoms with Crippen LogP contribution in [0.5, 0.6) is 0 Å². The van der Waals surface area contributed by atoms with Crippen molar-refractivity contribution in [2.24, 2.45) is 17.8 Å². The average Bonchev–Trinajstić information content (AvgIpc) is 3.39. The topological polar surface area (TPSA) is 253 Å². The average molecular weight is 845 g/mol. The minimum absolute atomic E-state index is 0.000557. The minimum Gasteiger partial charge on any atom is -0.462 e. The van der Waals surface area contributed by atoms with E-state index in [-0.39, 0.29) is 36.9 Å². The van der Waals surface area contributed by atoms with Gasteiger partial charge in [0.2, 0.25) is 0 Å². The third-order valence-corrected chi connectivity index (χ3v) is 10.9. The van der Waals surface area contributed by atoms with Gasteiger partial charge in [0, 0.05) is 31.1 Å². The number of aliphatic hydroxyl groups is 3. The summed E-state index contributed by atoms with van der Waals surface area (Å²) in [5.41, 5.74) is 0. The predicted octanol–water partition coefficient (Wildman–Crippen LogP) is 6.23. The SMILES string of the molecule is CCCCC[C@H](O)/C=C/[C@H]1[C@H](O)CC(=O)[C@@H]1CCCCCCC(=O)O[C@H](COC(=O)CCCCCCCCC(C)C)COP(=O)(O)OC[C@@H](O)COP(=O)(O)O. The van der Waals surface area contributed by atoms with Crippen molar-refractivity contribution >= 4 is 33.4 Å². The number of carbonyl (C=O) groups is 3. The van der Waals surface area contributed by atoms with Gasteiger partial charge in [-0.15, -0.1) is 0 Å². The van der Waals surface area contributed by atoms with E-state index in [2.05, 4.69) is 29.8 Å². The fourth-order valence-corrected chi connectivity index (χ4v) is 7.47. The molecule has 56 heavy (non-hydrogen) atoms. The highest BCUT2D eigenvalue weighted by Crippen LogP contribution is 2.44. The minimum atomic E-state index is -4.89. The second kappa shape index (κ2) is 29.6. The van der Waals surface area contributed by atoms with Gasteiger partial charge in [-0.25, -0.2) is 9.13 Å². The molecule has 1 saturated carbocycles. The predicted molar refractivity (Wildman–Crippen MR) is 208 cm³/mol. The van der Waals surface area contributed by atoms with E-state index in [0.717, 1.165) is 44.9 Å². The number of phosphoric acid groups is 2. The van der Waals surface area contributed by atoms with Crippen molar-refractivity contribution < 1.29 is 76.6 Å². The van der Waals surface area contributed by atoms with E-state index in [1.165, 1.54) is 12.8 Å². The highest BCUT2D eigenvalue weighted by atomic mass is 31.2. The number of rotatable bonds is 34. The van der Waals surface area contributed by atoms with Gasteiger partial charge in [-0.3, -0.25) is 28.0 Å². The van der Waals surface area contributed by atoms with Crippen LogP contribution in [0.4, 0.5) is 0 Å². The van der Waals surface area contributed by atoms with Gasteiger partial charge in [0.05, 0.1) is 32.0 Å². The van der Waals surface area contributed by atoms with Crippen LogP contribution >= 0.6 is 15.6 Å². The maximum Gasteiger partial charge on any atom is 0.472 e. The van der Waals surface area contributed by atoms with Crippen molar-refractivity contribution in [3.8, 4) is 0 Å². The monoisotopic (exact) mass is 844 g/mol. The largest absolute Gasteiger partial charge is 0.472 e. The van der Waals surface area contributed by atoms with Gasteiger partial charge < -0.3 is 39.5 Å². The van der Waals surface area contributed by atoms with Crippen LogP contribution in [0.1, 0.15) is 143 Å². The molecule has 0 aromatic carbocycles. The van der Waals surface area contributed by atoms with Crippen molar-refractivity contribution in [2.75, 3.05) is 26.4 Å². The Kier molecular flexibility index (Phi) is 27.8. The fourth-order valence-electron chi connectivity index (χ4n) is 6.31. The molecule has 0 radical (unpaired) electrons. The van der Waals surface area contributed by atoms with Gasteiger partial charge in [-0.2, -0.15) is 0 Å². The Labute approximate surface area is 332 Å². The van der Waals surface area contributed by atoms with Crippen LogP contribution in [-0.2, 0) is 46.6 Å². The highest BCUT2D eigenvalue weighted by Gasteiger charge is 2.39. The van der Waals surface area contributed by atoms with E-state index >= 15 is 0 Å². The molecule has 7 atom stereocenters. The molecule has 16 nitrogen and oxygen atoms in total. The summed E-state index contributed by atoms with van der Waals surface area (Å²) in [6.45, 7) is 3.56. The molecular formula is C38H70O16P2. The lowest BCUT2D eigenvalue weighted by Crippen LogP contribution is -2.30. The molecule has 1 fully saturated rings. The van der Waals surface area contributed by atoms with E-state index < -0.39 is 78.4 Å². The molecule has 1 rings (SSSR count). The molecule has 0 aromatic rings. The Morgan fingerprint density at radius 2 is 1.34 bits per heavy atom. The van der Waals surface area contributed by atoms with Crippen LogP contribution in [-0.4, -0.2) is 98.6 Å². The summed E-state index contributed by atoms with van der Waals surface area (Å²) in [6, 6.07) is 0. The Hall–Kier alpha value is -1.55. The van der Waals surface area contributed by atoms with E-state index in [0.29, 0.717) is 50.9 Å². The Balaban J connectivity index is 2.59. The first-order chi connectivity index (χ1) is 26.4. The molecule has 0 saturated heterocycles. The summed E-state index contributed by atoms with van der Waals surface area (Å²) in [5, 5.41) is 30.4. The van der Waals surface area contributed by atoms with E-state index in [1.807, 2.05) is 0 Å². The molecular weight excluding hydrogens is 774 g/mol. The number of ether oxygens (including phenoxy) is 2. The summed E-state index contributed by atoms with van der Waals surface area (Å²) >= 11 is 0. The van der Waals surface area contributed by atoms with Gasteiger partial charge in [0.15, 0.2) is 6.10 Å². The molecule has 0 spiro atoms. The van der Waals surface area contributed by atoms with Crippen LogP contribution in [0.2, 0.25) is 0 Å². The molecule has 0 aromatic heterocycles. The first kappa shape index (κ1) is 52.5. The second-order valence-corrected chi connectivity index (χ2v) is 17.9. The normalized spacial score (nSPS) is 20.3. The molecule has 0 amide bonds. The molecule has 6 N–H and O–H groups in total. The fraction of sp³-hybridized carbons (Fsp3) is 0.868. The lowest BCUT2D eigenvalue weighted by molar-refractivity contribution is -0.161. The number of hydrogen-bond acceptors (Lipinski definition) is 13. The Morgan fingerprint density at radius 1 is 0.768 bits per heavy atom. The smallest absolute Gasteiger partial charge is 0.462 e. The third kappa shape index (κ3) is 27.2. The van der Waals surface area contributed by atoms with Crippen molar-refractivity contribution in [2.45, 2.75) is 167 Å². The Bertz CT molecular complexity index is 1220. The molecule has 0 heterocycles. The van der Waals surface area contributed by atoms with Crippen molar-refractivity contribution in [1.82, 2.24) is 0 Å². The highest BCUT2D eigenvalue weighted by molar-refractivity contribution is 7.47. The zero-order valence-electron chi connectivity index (χ0n) is 33.6. The first-order valence-electron chi connectivity index (χ1n) is 20.3. The number of hydrogen-bond donors (Lipinski definition) is 6. The zero-order chi connectivity index (χ0) is 42.0. The molecule has 18 heteroatoms. The lowest BCUT2D eigenvalue weighted by Gasteiger charge is -2.20. The molecule has 328 valence electrons. The number of aliphatic hydroxyl groups excluding tert-OH is 3. The molecule has 0 aliphatic heterocycles. The second-order valence-electron chi connectivity index (χ2n) is 15.2. The van der Waals surface area contributed by atoms with Crippen LogP contribution in [0.3, 0.4) is 0 Å². The van der Waals surface area contributed by atoms with Gasteiger partial charge in [-0.05, 0) is 31.6 Å². The summed E-state index contributed by atoms with van der Waals surface area (Å²) in [4.78, 5) is 65.2. The van der Waals surface area contributed by atoms with Gasteiger partial charge >= 0.3 is 27.6 Å². The van der Waals surface area contributed by atoms with Gasteiger partial charge in [0.1, 0.15) is 18.5 Å². The summed E-state index contributed by atoms with van der Waals surface area (Å²) in [7, 11) is -9.75. The summed E-state index contributed by atoms with van der Waals surface area (Å²) < 4.78 is 47.6. The maximum absolute atomic E-state index is 12.7. The molecule has 1 aliphatic carbocycles. The van der Waals surface area contributed by atoms with Crippen LogP contribution in [0.15, 0.2) is 12.2 Å². The van der Waals surface area contributed by atoms with Crippen LogP contribution in [0.25, 0.3) is 0 Å². The lowest BCUT2D eigenvalue weighted by atomic mass is 9.88. The van der Waals surface area contributed by atoms with Crippen LogP contribution in [0, 0.1) is 17.8 Å². The number of unbranched alkanes of at least 4 members (excludes halogenated alkanes) is 10. The third-order valence-electron chi connectivity index (χ3n) is 9.47. The number of phosphoric ester groups is 2. The van der Waals surface area contributed by atoms with Crippen molar-refractivity contribution in [3.05, 3.63) is 12.2 Å². The molecule has 1 unspecified atom stereocenters. The zero-order valence-corrected chi connectivity index (χ0v) is 35.4. The summed E-state index contributed by atoms with van der Waals surface area (Å²) in [5.74, 6) is -1.19. The van der Waals surface area contributed by atoms with E-state index in [4.69, 9.17) is 23.8 Å². The number of Topliss-reactive ketones (excluding diaryl/α,β-unsaturated/α-hetero) is 1. The standard InChI is InChI=1S/C38H70O16P2/c1-4-5-12-18-30(39)22-23-34-33(35(41)24-36(34)42)19-14-10-11-16-21-38(44)54-32(27-50-37(43)20-15-9-7-6-8-13-17-29(2)3)28-53-56(48,49)52-26-31(40)25-51-55(45,46)47/h22-23,29-34,36,39-40,42H,4-21,24-28H2,1-3H3,(H,48,49)(H2,45,46,47)/b23-22+/t30-,31-,32+,33+,34+,36+/m0/s1. The first-order valence-corrected chi connectivity index (χ1v) is 23.4.